The number of carbonyl (C=O) groups is 1. The Labute approximate surface area is 67.5 Å². The summed E-state index contributed by atoms with van der Waals surface area (Å²) < 4.78 is 8.88. The molecule has 0 aromatic heterocycles. The van der Waals surface area contributed by atoms with Gasteiger partial charge in [-0.05, 0) is 12.8 Å². The Bertz CT molecular complexity index is 205. The molecule has 0 amide bonds. The van der Waals surface area contributed by atoms with E-state index in [1.54, 1.807) is 0 Å². The highest BCUT2D eigenvalue weighted by Crippen LogP contribution is 2.34. The molecule has 7 nitrogen and oxygen atoms in total. The molecule has 0 atom stereocenters. The summed E-state index contributed by atoms with van der Waals surface area (Å²) >= 11 is 0. The van der Waals surface area contributed by atoms with Gasteiger partial charge in [-0.25, -0.2) is 9.36 Å². The summed E-state index contributed by atoms with van der Waals surface area (Å²) in [4.78, 5) is 31.4. The lowest BCUT2D eigenvalue weighted by atomic mass is 10.4. The smallest absolute Gasteiger partial charge is 0.466 e. The maximum Gasteiger partial charge on any atom is 0.466 e. The topological polar surface area (TPSA) is 135 Å². The minimum atomic E-state index is -4.64. The van der Waals surface area contributed by atoms with E-state index in [1.165, 1.54) is 0 Å². The molecule has 1 aliphatic rings. The van der Waals surface area contributed by atoms with Crippen molar-refractivity contribution in [3.63, 3.8) is 0 Å². The van der Waals surface area contributed by atoms with Crippen molar-refractivity contribution in [1.82, 2.24) is 0 Å². The van der Waals surface area contributed by atoms with Crippen molar-refractivity contribution >= 4 is 13.8 Å². The first-order chi connectivity index (χ1) is 5.15. The molecule has 0 aromatic carbocycles. The normalized spacial score (nSPS) is 19.0. The van der Waals surface area contributed by atoms with Crippen LogP contribution in [0.4, 0.5) is 0 Å². The number of rotatable bonds is 1. The number of hydrogen-bond acceptors (Lipinski definition) is 3. The summed E-state index contributed by atoms with van der Waals surface area (Å²) in [6.07, 6.45) is 0.838. The Morgan fingerprint density at radius 3 is 1.50 bits per heavy atom. The van der Waals surface area contributed by atoms with Crippen molar-refractivity contribution in [3.05, 3.63) is 0 Å². The molecule has 0 bridgehead atoms. The van der Waals surface area contributed by atoms with Crippen LogP contribution in [-0.4, -0.2) is 36.5 Å². The van der Waals surface area contributed by atoms with Gasteiger partial charge in [-0.2, -0.15) is 0 Å². The molecule has 0 spiro atoms. The molecule has 1 rings (SSSR count). The summed E-state index contributed by atoms with van der Waals surface area (Å²) in [7, 11) is -4.64. The zero-order valence-corrected chi connectivity index (χ0v) is 6.81. The van der Waals surface area contributed by atoms with E-state index in [2.05, 4.69) is 0 Å². The number of carboxylic acids is 1. The zero-order valence-electron chi connectivity index (χ0n) is 5.91. The fraction of sp³-hybridized carbons (Fsp3) is 0.750. The van der Waals surface area contributed by atoms with Gasteiger partial charge in [-0.15, -0.1) is 0 Å². The fourth-order valence-corrected chi connectivity index (χ4v) is 0.332. The minimum Gasteiger partial charge on any atom is -0.479 e. The first-order valence-electron chi connectivity index (χ1n) is 2.89. The Morgan fingerprint density at radius 1 is 1.25 bits per heavy atom. The second-order valence-electron chi connectivity index (χ2n) is 2.35. The fourth-order valence-electron chi connectivity index (χ4n) is 0.332. The van der Waals surface area contributed by atoms with Crippen molar-refractivity contribution in [2.75, 3.05) is 0 Å². The molecule has 0 aromatic rings. The maximum atomic E-state index is 9.83. The van der Waals surface area contributed by atoms with Crippen LogP contribution in [0.3, 0.4) is 0 Å². The Hall–Kier alpha value is -0.460. The van der Waals surface area contributed by atoms with Crippen LogP contribution in [0.25, 0.3) is 0 Å². The SMILES string of the molecule is O=C(O)C1(O)CC1.O=P(O)(O)O. The van der Waals surface area contributed by atoms with Crippen molar-refractivity contribution in [2.24, 2.45) is 0 Å². The maximum absolute atomic E-state index is 9.83. The van der Waals surface area contributed by atoms with Crippen molar-refractivity contribution in [3.8, 4) is 0 Å². The predicted octanol–water partition coefficient (Wildman–Crippen LogP) is -1.33. The molecule has 72 valence electrons. The van der Waals surface area contributed by atoms with Gasteiger partial charge >= 0.3 is 13.8 Å². The Morgan fingerprint density at radius 2 is 1.50 bits per heavy atom. The van der Waals surface area contributed by atoms with Gasteiger partial charge in [0.15, 0.2) is 5.60 Å². The molecule has 1 saturated carbocycles. The van der Waals surface area contributed by atoms with Gasteiger partial charge in [0.05, 0.1) is 0 Å². The van der Waals surface area contributed by atoms with Crippen LogP contribution in [-0.2, 0) is 9.36 Å². The van der Waals surface area contributed by atoms with Gasteiger partial charge < -0.3 is 24.9 Å². The van der Waals surface area contributed by atoms with E-state index < -0.39 is 19.4 Å². The lowest BCUT2D eigenvalue weighted by molar-refractivity contribution is -0.148. The monoisotopic (exact) mass is 200 g/mol. The van der Waals surface area contributed by atoms with E-state index in [9.17, 15) is 4.79 Å². The van der Waals surface area contributed by atoms with E-state index in [-0.39, 0.29) is 0 Å². The van der Waals surface area contributed by atoms with Crippen LogP contribution < -0.4 is 0 Å². The molecule has 12 heavy (non-hydrogen) atoms. The summed E-state index contributed by atoms with van der Waals surface area (Å²) in [5.74, 6) is -1.09. The van der Waals surface area contributed by atoms with Gasteiger partial charge in [-0.1, -0.05) is 0 Å². The second-order valence-corrected chi connectivity index (χ2v) is 3.38. The van der Waals surface area contributed by atoms with Crippen LogP contribution in [0.5, 0.6) is 0 Å². The summed E-state index contributed by atoms with van der Waals surface area (Å²) in [5, 5.41) is 16.7. The molecule has 1 aliphatic carbocycles. The Kier molecular flexibility index (Phi) is 3.37. The predicted molar refractivity (Wildman–Crippen MR) is 36.1 cm³/mol. The van der Waals surface area contributed by atoms with E-state index >= 15 is 0 Å². The molecule has 8 heteroatoms. The summed E-state index contributed by atoms with van der Waals surface area (Å²) in [5.41, 5.74) is -1.33. The first-order valence-corrected chi connectivity index (χ1v) is 4.46. The largest absolute Gasteiger partial charge is 0.479 e. The van der Waals surface area contributed by atoms with E-state index in [1.807, 2.05) is 0 Å². The second kappa shape index (κ2) is 3.51. The van der Waals surface area contributed by atoms with E-state index in [0.29, 0.717) is 12.8 Å². The van der Waals surface area contributed by atoms with Gasteiger partial charge in [0.25, 0.3) is 0 Å². The highest BCUT2D eigenvalue weighted by atomic mass is 31.2. The van der Waals surface area contributed by atoms with Crippen molar-refractivity contribution in [2.45, 2.75) is 18.4 Å². The molecular weight excluding hydrogens is 191 g/mol. The molecule has 0 aliphatic heterocycles. The zero-order chi connectivity index (χ0) is 9.99. The molecule has 1 fully saturated rings. The van der Waals surface area contributed by atoms with Crippen molar-refractivity contribution in [1.29, 1.82) is 0 Å². The summed E-state index contributed by atoms with van der Waals surface area (Å²) in [6, 6.07) is 0. The number of aliphatic carboxylic acids is 1. The first kappa shape index (κ1) is 11.5. The lowest BCUT2D eigenvalue weighted by Gasteiger charge is -1.94. The van der Waals surface area contributed by atoms with Crippen LogP contribution >= 0.6 is 7.82 Å². The highest BCUT2D eigenvalue weighted by molar-refractivity contribution is 7.45. The average molecular weight is 200 g/mol. The highest BCUT2D eigenvalue weighted by Gasteiger charge is 2.48. The molecule has 5 N–H and O–H groups in total. The summed E-state index contributed by atoms with van der Waals surface area (Å²) in [6.45, 7) is 0. The molecule has 0 heterocycles. The Balaban J connectivity index is 0.000000217. The van der Waals surface area contributed by atoms with Gasteiger partial charge in [0.2, 0.25) is 0 Å². The average Bonchev–Trinajstić information content (AvgIpc) is 2.43. The van der Waals surface area contributed by atoms with Gasteiger partial charge in [0.1, 0.15) is 0 Å². The minimum absolute atomic E-state index is 0.419. The molecule has 0 saturated heterocycles. The molecular formula is C4H9O7P. The third-order valence-electron chi connectivity index (χ3n) is 1.12. The third-order valence-corrected chi connectivity index (χ3v) is 1.12. The molecule has 0 unspecified atom stereocenters. The standard InChI is InChI=1S/C4H6O3.H3O4P/c5-3(6)4(7)1-2-4;1-5(2,3)4/h7H,1-2H2,(H,5,6);(H3,1,2,3,4). The number of aliphatic hydroxyl groups is 1. The van der Waals surface area contributed by atoms with E-state index in [4.69, 9.17) is 29.5 Å². The number of hydrogen-bond donors (Lipinski definition) is 5. The van der Waals surface area contributed by atoms with Crippen LogP contribution in [0.2, 0.25) is 0 Å². The third kappa shape index (κ3) is 6.26. The van der Waals surface area contributed by atoms with Crippen LogP contribution in [0, 0.1) is 0 Å². The molecule has 0 radical (unpaired) electrons. The van der Waals surface area contributed by atoms with Gasteiger partial charge in [-0.3, -0.25) is 0 Å². The van der Waals surface area contributed by atoms with Crippen LogP contribution in [0.15, 0.2) is 0 Å². The quantitative estimate of drug-likeness (QED) is 0.331. The number of phosphoric acid groups is 1. The van der Waals surface area contributed by atoms with E-state index in [0.717, 1.165) is 0 Å². The number of carboxylic acid groups (broad SMARTS) is 1. The lowest BCUT2D eigenvalue weighted by Crippen LogP contribution is -2.20. The van der Waals surface area contributed by atoms with Gasteiger partial charge in [0, 0.05) is 0 Å². The van der Waals surface area contributed by atoms with Crippen LogP contribution in [0.1, 0.15) is 12.8 Å². The van der Waals surface area contributed by atoms with Crippen molar-refractivity contribution < 1.29 is 34.3 Å².